The maximum Gasteiger partial charge on any atom is 0.410 e. The highest BCUT2D eigenvalue weighted by Gasteiger charge is 2.26. The third kappa shape index (κ3) is 6.95. The Morgan fingerprint density at radius 2 is 1.82 bits per heavy atom. The lowest BCUT2D eigenvalue weighted by Crippen LogP contribution is -2.50. The highest BCUT2D eigenvalue weighted by atomic mass is 35.5. The molecule has 1 fully saturated rings. The van der Waals surface area contributed by atoms with Crippen LogP contribution < -0.4 is 16.0 Å². The van der Waals surface area contributed by atoms with Gasteiger partial charge in [-0.15, -0.1) is 11.3 Å². The van der Waals surface area contributed by atoms with Crippen LogP contribution in [0.15, 0.2) is 30.3 Å². The molecule has 0 atom stereocenters. The topological polar surface area (TPSA) is 119 Å². The van der Waals surface area contributed by atoms with Crippen LogP contribution in [0.25, 0.3) is 10.2 Å². The molecule has 3 heterocycles. The molecule has 2 aromatic heterocycles. The fraction of sp³-hybridized carbons (Fsp3) is 0.464. The molecule has 1 aromatic carbocycles. The van der Waals surface area contributed by atoms with Crippen molar-refractivity contribution in [2.24, 2.45) is 0 Å². The molecule has 12 heteroatoms. The Balaban J connectivity index is 1.32. The molecule has 0 aliphatic carbocycles. The lowest BCUT2D eigenvalue weighted by molar-refractivity contribution is -0.108. The van der Waals surface area contributed by atoms with E-state index < -0.39 is 11.9 Å². The van der Waals surface area contributed by atoms with Gasteiger partial charge in [-0.3, -0.25) is 4.79 Å². The number of fused-ring (bicyclic) bond motifs is 1. The minimum atomic E-state index is -0.593. The summed E-state index contributed by atoms with van der Waals surface area (Å²) in [5.74, 6) is -0.248. The number of nitrogens with zero attached hydrogens (tertiary/aromatic N) is 3. The van der Waals surface area contributed by atoms with E-state index in [1.54, 1.807) is 11.0 Å². The van der Waals surface area contributed by atoms with Crippen molar-refractivity contribution < 1.29 is 23.8 Å². The fourth-order valence-corrected chi connectivity index (χ4v) is 5.81. The summed E-state index contributed by atoms with van der Waals surface area (Å²) in [6.45, 7) is 8.47. The van der Waals surface area contributed by atoms with Crippen LogP contribution in [0.1, 0.15) is 48.0 Å². The minimum Gasteiger partial charge on any atom is -0.444 e. The Labute approximate surface area is 243 Å². The average molecular weight is 590 g/mol. The van der Waals surface area contributed by atoms with Gasteiger partial charge in [-0.1, -0.05) is 17.7 Å². The number of carbonyl (C=O) groups is 2. The van der Waals surface area contributed by atoms with E-state index in [4.69, 9.17) is 31.5 Å². The standard InChI is InChI=1S/C28H36ClN5O5S/c1-28(2,3)39-27(36)34-14-12-33(13-15-34)21-9-6-17(16-19(21)29)10-11-31-24(35)23-22(30)18-7-8-20(26(37-4)38-5)32-25(18)40-23/h6-9,16,26H,10-15,30H2,1-5H3,(H,31,35). The number of hydrogen-bond donors (Lipinski definition) is 2. The van der Waals surface area contributed by atoms with Crippen molar-refractivity contribution in [2.75, 3.05) is 57.6 Å². The minimum absolute atomic E-state index is 0.248. The number of benzene rings is 1. The monoisotopic (exact) mass is 589 g/mol. The first kappa shape index (κ1) is 29.9. The normalized spacial score (nSPS) is 14.2. The second-order valence-electron chi connectivity index (χ2n) is 10.5. The first-order valence-electron chi connectivity index (χ1n) is 13.0. The number of halogens is 1. The van der Waals surface area contributed by atoms with Crippen molar-refractivity contribution in [2.45, 2.75) is 39.1 Å². The van der Waals surface area contributed by atoms with E-state index in [-0.39, 0.29) is 12.0 Å². The highest BCUT2D eigenvalue weighted by Crippen LogP contribution is 2.34. The van der Waals surface area contributed by atoms with Crippen molar-refractivity contribution >= 4 is 56.5 Å². The van der Waals surface area contributed by atoms with Crippen LogP contribution in [0.3, 0.4) is 0 Å². The molecular weight excluding hydrogens is 554 g/mol. The lowest BCUT2D eigenvalue weighted by atomic mass is 10.1. The summed E-state index contributed by atoms with van der Waals surface area (Å²) in [5.41, 5.74) is 8.69. The lowest BCUT2D eigenvalue weighted by Gasteiger charge is -2.37. The SMILES string of the molecule is COC(OC)c1ccc2c(N)c(C(=O)NCCc3ccc(N4CCN(C(=O)OC(C)(C)C)CC4)c(Cl)c3)sc2n1. The van der Waals surface area contributed by atoms with Crippen LogP contribution in [-0.2, 0) is 20.6 Å². The summed E-state index contributed by atoms with van der Waals surface area (Å²) in [5, 5.41) is 4.31. The molecule has 10 nitrogen and oxygen atoms in total. The van der Waals surface area contributed by atoms with E-state index in [2.05, 4.69) is 15.2 Å². The Morgan fingerprint density at radius 1 is 1.12 bits per heavy atom. The molecule has 0 saturated carbocycles. The number of pyridine rings is 1. The van der Waals surface area contributed by atoms with Gasteiger partial charge < -0.3 is 35.1 Å². The van der Waals surface area contributed by atoms with Gasteiger partial charge in [0.1, 0.15) is 15.3 Å². The van der Waals surface area contributed by atoms with Gasteiger partial charge in [-0.25, -0.2) is 9.78 Å². The number of nitrogens with two attached hydrogens (primary N) is 1. The molecule has 1 aliphatic rings. The zero-order valence-corrected chi connectivity index (χ0v) is 25.0. The molecule has 2 amide bonds. The zero-order valence-electron chi connectivity index (χ0n) is 23.5. The summed E-state index contributed by atoms with van der Waals surface area (Å²) < 4.78 is 16.0. The van der Waals surface area contributed by atoms with Crippen LogP contribution >= 0.6 is 22.9 Å². The molecule has 3 aromatic rings. The van der Waals surface area contributed by atoms with Crippen molar-refractivity contribution in [3.05, 3.63) is 51.5 Å². The second kappa shape index (κ2) is 12.6. The van der Waals surface area contributed by atoms with Gasteiger partial charge in [-0.2, -0.15) is 0 Å². The molecule has 3 N–H and O–H groups in total. The van der Waals surface area contributed by atoms with Crippen LogP contribution in [0.4, 0.5) is 16.2 Å². The number of ether oxygens (including phenoxy) is 3. The predicted molar refractivity (Wildman–Crippen MR) is 158 cm³/mol. The average Bonchev–Trinajstić information content (AvgIpc) is 3.24. The van der Waals surface area contributed by atoms with Gasteiger partial charge in [0, 0.05) is 52.3 Å². The van der Waals surface area contributed by atoms with Gasteiger partial charge in [0.05, 0.1) is 22.1 Å². The Hall–Kier alpha value is -3.12. The number of thiophene rings is 1. The van der Waals surface area contributed by atoms with E-state index in [9.17, 15) is 9.59 Å². The fourth-order valence-electron chi connectivity index (χ4n) is 4.47. The number of hydrogen-bond acceptors (Lipinski definition) is 9. The van der Waals surface area contributed by atoms with Gasteiger partial charge >= 0.3 is 6.09 Å². The number of aromatic nitrogens is 1. The molecule has 1 saturated heterocycles. The van der Waals surface area contributed by atoms with Crippen LogP contribution in [0, 0.1) is 0 Å². The highest BCUT2D eigenvalue weighted by molar-refractivity contribution is 7.21. The molecule has 0 spiro atoms. The van der Waals surface area contributed by atoms with Crippen LogP contribution in [-0.4, -0.2) is 74.4 Å². The van der Waals surface area contributed by atoms with E-state index >= 15 is 0 Å². The van der Waals surface area contributed by atoms with Crippen LogP contribution in [0.5, 0.6) is 0 Å². The van der Waals surface area contributed by atoms with Gasteiger partial charge in [0.2, 0.25) is 6.29 Å². The predicted octanol–water partition coefficient (Wildman–Crippen LogP) is 4.85. The Kier molecular flexibility index (Phi) is 9.40. The molecular formula is C28H36ClN5O5S. The zero-order chi connectivity index (χ0) is 29.0. The third-order valence-corrected chi connectivity index (χ3v) is 7.89. The van der Waals surface area contributed by atoms with E-state index in [1.807, 2.05) is 45.0 Å². The van der Waals surface area contributed by atoms with Gasteiger partial charge in [0.25, 0.3) is 5.91 Å². The molecule has 4 rings (SSSR count). The Morgan fingerprint density at radius 3 is 2.45 bits per heavy atom. The third-order valence-electron chi connectivity index (χ3n) is 6.47. The largest absolute Gasteiger partial charge is 0.444 e. The molecule has 0 bridgehead atoms. The number of rotatable bonds is 8. The second-order valence-corrected chi connectivity index (χ2v) is 11.9. The van der Waals surface area contributed by atoms with Gasteiger partial charge in [0.15, 0.2) is 0 Å². The van der Waals surface area contributed by atoms with E-state index in [0.717, 1.165) is 16.6 Å². The first-order chi connectivity index (χ1) is 19.0. The summed E-state index contributed by atoms with van der Waals surface area (Å²) in [7, 11) is 3.08. The molecule has 40 heavy (non-hydrogen) atoms. The summed E-state index contributed by atoms with van der Waals surface area (Å²) in [6.07, 6.45) is -0.278. The number of amides is 2. The number of piperazine rings is 1. The maximum absolute atomic E-state index is 12.9. The maximum atomic E-state index is 12.9. The summed E-state index contributed by atoms with van der Waals surface area (Å²) >= 11 is 7.87. The number of nitrogen functional groups attached to an aromatic ring is 1. The number of methoxy groups -OCH3 is 2. The quantitative estimate of drug-likeness (QED) is 0.358. The first-order valence-corrected chi connectivity index (χ1v) is 14.2. The summed E-state index contributed by atoms with van der Waals surface area (Å²) in [6, 6.07) is 9.52. The van der Waals surface area contributed by atoms with E-state index in [1.165, 1.54) is 25.6 Å². The smallest absolute Gasteiger partial charge is 0.410 e. The molecule has 0 radical (unpaired) electrons. The van der Waals surface area contributed by atoms with Crippen molar-refractivity contribution in [1.29, 1.82) is 0 Å². The summed E-state index contributed by atoms with van der Waals surface area (Å²) in [4.78, 5) is 34.8. The number of anilines is 2. The Bertz CT molecular complexity index is 1360. The number of carbonyl (C=O) groups excluding carboxylic acids is 2. The van der Waals surface area contributed by atoms with E-state index in [0.29, 0.717) is 65.3 Å². The van der Waals surface area contributed by atoms with Crippen molar-refractivity contribution in [3.8, 4) is 0 Å². The van der Waals surface area contributed by atoms with Crippen molar-refractivity contribution in [1.82, 2.24) is 15.2 Å². The molecule has 0 unspecified atom stereocenters. The van der Waals surface area contributed by atoms with Gasteiger partial charge in [-0.05, 0) is 57.0 Å². The number of nitrogens with one attached hydrogen (secondary N) is 1. The van der Waals surface area contributed by atoms with Crippen LogP contribution in [0.2, 0.25) is 5.02 Å². The van der Waals surface area contributed by atoms with Crippen molar-refractivity contribution in [3.63, 3.8) is 0 Å². The molecule has 216 valence electrons. The molecule has 1 aliphatic heterocycles.